The van der Waals surface area contributed by atoms with E-state index in [-0.39, 0.29) is 17.9 Å². The number of hydrogen-bond donors (Lipinski definition) is 1. The number of aromatic nitrogens is 1. The number of rotatable bonds is 3. The van der Waals surface area contributed by atoms with E-state index in [1.807, 2.05) is 13.0 Å². The molecule has 0 saturated carbocycles. The van der Waals surface area contributed by atoms with E-state index in [1.54, 1.807) is 6.20 Å². The van der Waals surface area contributed by atoms with Gasteiger partial charge >= 0.3 is 0 Å². The summed E-state index contributed by atoms with van der Waals surface area (Å²) in [7, 11) is 0. The minimum atomic E-state index is -0.0752. The minimum Gasteiger partial charge on any atom is -0.377 e. The monoisotopic (exact) mass is 326 g/mol. The Labute approximate surface area is 122 Å². The molecule has 1 saturated heterocycles. The number of halogens is 1. The molecule has 2 rings (SSSR count). The zero-order valence-corrected chi connectivity index (χ0v) is 12.9. The van der Waals surface area contributed by atoms with Crippen molar-refractivity contribution in [3.05, 3.63) is 22.3 Å². The van der Waals surface area contributed by atoms with Crippen LogP contribution in [0.4, 0.5) is 5.82 Å². The highest BCUT2D eigenvalue weighted by molar-refractivity contribution is 9.10. The van der Waals surface area contributed by atoms with Crippen LogP contribution in [-0.2, 0) is 9.53 Å². The summed E-state index contributed by atoms with van der Waals surface area (Å²) in [5.74, 6) is 0.508. The Morgan fingerprint density at radius 1 is 1.63 bits per heavy atom. The van der Waals surface area contributed by atoms with Gasteiger partial charge in [-0.1, -0.05) is 6.92 Å². The molecule has 2 unspecified atom stereocenters. The van der Waals surface area contributed by atoms with Crippen LogP contribution in [0.1, 0.15) is 31.7 Å². The smallest absolute Gasteiger partial charge is 0.231 e. The Kier molecular flexibility index (Phi) is 4.93. The van der Waals surface area contributed by atoms with Gasteiger partial charge in [0, 0.05) is 12.8 Å². The molecule has 1 fully saturated rings. The lowest BCUT2D eigenvalue weighted by Gasteiger charge is -2.30. The van der Waals surface area contributed by atoms with E-state index in [0.717, 1.165) is 35.9 Å². The zero-order chi connectivity index (χ0) is 13.8. The van der Waals surface area contributed by atoms with Crippen molar-refractivity contribution in [2.24, 2.45) is 5.92 Å². The maximum Gasteiger partial charge on any atom is 0.231 e. The van der Waals surface area contributed by atoms with Gasteiger partial charge in [0.2, 0.25) is 5.91 Å². The molecule has 1 aliphatic rings. The number of ether oxygens (including phenoxy) is 1. The molecular formula is C14H19BrN2O2. The maximum absolute atomic E-state index is 12.3. The predicted molar refractivity (Wildman–Crippen MR) is 78.1 cm³/mol. The molecule has 1 N–H and O–H groups in total. The minimum absolute atomic E-state index is 0.00334. The molecule has 2 heterocycles. The standard InChI is InChI=1S/C14H19BrN2O2/c1-3-12-10(5-4-6-19-12)14(18)17-13-11(15)7-9(2)8-16-13/h7-8,10,12H,3-6H2,1-2H3,(H,16,17,18). The fourth-order valence-electron chi connectivity index (χ4n) is 2.38. The summed E-state index contributed by atoms with van der Waals surface area (Å²) in [4.78, 5) is 16.6. The number of anilines is 1. The van der Waals surface area contributed by atoms with Crippen LogP contribution in [0.25, 0.3) is 0 Å². The van der Waals surface area contributed by atoms with E-state index in [2.05, 4.69) is 33.2 Å². The summed E-state index contributed by atoms with van der Waals surface area (Å²) >= 11 is 3.42. The molecule has 1 aliphatic heterocycles. The van der Waals surface area contributed by atoms with Gasteiger partial charge in [-0.2, -0.15) is 0 Å². The maximum atomic E-state index is 12.3. The van der Waals surface area contributed by atoms with Crippen LogP contribution in [0.15, 0.2) is 16.7 Å². The van der Waals surface area contributed by atoms with Crippen LogP contribution in [0.5, 0.6) is 0 Å². The molecule has 1 aromatic rings. The van der Waals surface area contributed by atoms with Crippen molar-refractivity contribution in [1.29, 1.82) is 0 Å². The Hall–Kier alpha value is -0.940. The lowest BCUT2D eigenvalue weighted by Crippen LogP contribution is -2.38. The van der Waals surface area contributed by atoms with Gasteiger partial charge in [-0.05, 0) is 53.7 Å². The molecule has 5 heteroatoms. The van der Waals surface area contributed by atoms with Crippen LogP contribution in [0.3, 0.4) is 0 Å². The molecule has 4 nitrogen and oxygen atoms in total. The van der Waals surface area contributed by atoms with Gasteiger partial charge in [-0.3, -0.25) is 4.79 Å². The van der Waals surface area contributed by atoms with Gasteiger partial charge in [0.05, 0.1) is 16.5 Å². The zero-order valence-electron chi connectivity index (χ0n) is 11.3. The summed E-state index contributed by atoms with van der Waals surface area (Å²) in [6, 6.07) is 1.94. The average Bonchev–Trinajstić information content (AvgIpc) is 2.41. The van der Waals surface area contributed by atoms with Gasteiger partial charge in [-0.25, -0.2) is 4.98 Å². The number of hydrogen-bond acceptors (Lipinski definition) is 3. The van der Waals surface area contributed by atoms with Crippen molar-refractivity contribution in [2.75, 3.05) is 11.9 Å². The van der Waals surface area contributed by atoms with Crippen LogP contribution in [0.2, 0.25) is 0 Å². The van der Waals surface area contributed by atoms with E-state index in [1.165, 1.54) is 0 Å². The number of nitrogens with one attached hydrogen (secondary N) is 1. The van der Waals surface area contributed by atoms with Gasteiger partial charge in [0.1, 0.15) is 5.82 Å². The lowest BCUT2D eigenvalue weighted by atomic mass is 9.92. The van der Waals surface area contributed by atoms with E-state index in [0.29, 0.717) is 5.82 Å². The largest absolute Gasteiger partial charge is 0.377 e. The third-order valence-corrected chi connectivity index (χ3v) is 4.00. The summed E-state index contributed by atoms with van der Waals surface area (Å²) in [6.45, 7) is 4.77. The number of carbonyl (C=O) groups is 1. The number of amides is 1. The van der Waals surface area contributed by atoms with Crippen molar-refractivity contribution in [3.63, 3.8) is 0 Å². The molecule has 0 bridgehead atoms. The van der Waals surface area contributed by atoms with Gasteiger partial charge in [0.15, 0.2) is 0 Å². The third-order valence-electron chi connectivity index (χ3n) is 3.40. The van der Waals surface area contributed by atoms with Gasteiger partial charge in [0.25, 0.3) is 0 Å². The highest BCUT2D eigenvalue weighted by Crippen LogP contribution is 2.26. The first-order chi connectivity index (χ1) is 9.11. The van der Waals surface area contributed by atoms with Crippen LogP contribution < -0.4 is 5.32 Å². The fourth-order valence-corrected chi connectivity index (χ4v) is 2.94. The molecule has 1 amide bonds. The third kappa shape index (κ3) is 3.54. The topological polar surface area (TPSA) is 51.2 Å². The van der Waals surface area contributed by atoms with Crippen LogP contribution in [-0.4, -0.2) is 23.6 Å². The fraction of sp³-hybridized carbons (Fsp3) is 0.571. The van der Waals surface area contributed by atoms with E-state index >= 15 is 0 Å². The van der Waals surface area contributed by atoms with Crippen molar-refractivity contribution in [2.45, 2.75) is 39.2 Å². The SMILES string of the molecule is CCC1OCCCC1C(=O)Nc1ncc(C)cc1Br. The molecule has 19 heavy (non-hydrogen) atoms. The average molecular weight is 327 g/mol. The summed E-state index contributed by atoms with van der Waals surface area (Å²) in [5, 5.41) is 2.89. The molecular weight excluding hydrogens is 308 g/mol. The van der Waals surface area contributed by atoms with Crippen LogP contribution >= 0.6 is 15.9 Å². The molecule has 0 aliphatic carbocycles. The first-order valence-corrected chi connectivity index (χ1v) is 7.45. The predicted octanol–water partition coefficient (Wildman–Crippen LogP) is 3.30. The number of aryl methyl sites for hydroxylation is 1. The number of carbonyl (C=O) groups excluding carboxylic acids is 1. The summed E-state index contributed by atoms with van der Waals surface area (Å²) in [5.41, 5.74) is 1.05. The molecule has 1 aromatic heterocycles. The number of nitrogens with zero attached hydrogens (tertiary/aromatic N) is 1. The molecule has 0 radical (unpaired) electrons. The number of pyridine rings is 1. The first kappa shape index (κ1) is 14.5. The summed E-state index contributed by atoms with van der Waals surface area (Å²) < 4.78 is 6.47. The second-order valence-electron chi connectivity index (χ2n) is 4.90. The Morgan fingerprint density at radius 3 is 3.11 bits per heavy atom. The van der Waals surface area contributed by atoms with E-state index < -0.39 is 0 Å². The van der Waals surface area contributed by atoms with Gasteiger partial charge in [-0.15, -0.1) is 0 Å². The molecule has 0 aromatic carbocycles. The Balaban J connectivity index is 2.07. The van der Waals surface area contributed by atoms with Crippen molar-refractivity contribution < 1.29 is 9.53 Å². The second kappa shape index (κ2) is 6.48. The Morgan fingerprint density at radius 2 is 2.42 bits per heavy atom. The van der Waals surface area contributed by atoms with Crippen molar-refractivity contribution >= 4 is 27.7 Å². The second-order valence-corrected chi connectivity index (χ2v) is 5.75. The van der Waals surface area contributed by atoms with Crippen molar-refractivity contribution in [1.82, 2.24) is 4.98 Å². The lowest BCUT2D eigenvalue weighted by molar-refractivity contribution is -0.129. The van der Waals surface area contributed by atoms with Crippen LogP contribution in [0, 0.1) is 12.8 Å². The molecule has 0 spiro atoms. The molecule has 2 atom stereocenters. The van der Waals surface area contributed by atoms with Crippen molar-refractivity contribution in [3.8, 4) is 0 Å². The molecule has 104 valence electrons. The van der Waals surface area contributed by atoms with E-state index in [9.17, 15) is 4.79 Å². The quantitative estimate of drug-likeness (QED) is 0.927. The highest BCUT2D eigenvalue weighted by atomic mass is 79.9. The highest BCUT2D eigenvalue weighted by Gasteiger charge is 2.31. The van der Waals surface area contributed by atoms with E-state index in [4.69, 9.17) is 4.74 Å². The Bertz CT molecular complexity index is 465. The van der Waals surface area contributed by atoms with Gasteiger partial charge < -0.3 is 10.1 Å². The normalized spacial score (nSPS) is 23.1. The summed E-state index contributed by atoms with van der Waals surface area (Å²) in [6.07, 6.45) is 4.46. The first-order valence-electron chi connectivity index (χ1n) is 6.66.